The van der Waals surface area contributed by atoms with Gasteiger partial charge in [-0.05, 0) is 96.3 Å². The van der Waals surface area contributed by atoms with Crippen LogP contribution in [0.5, 0.6) is 0 Å². The predicted octanol–water partition coefficient (Wildman–Crippen LogP) is 18.5. The summed E-state index contributed by atoms with van der Waals surface area (Å²) in [5.41, 5.74) is 0. The van der Waals surface area contributed by atoms with E-state index in [4.69, 9.17) is 14.2 Å². The molecule has 1 unspecified atom stereocenters. The van der Waals surface area contributed by atoms with Crippen molar-refractivity contribution in [1.82, 2.24) is 0 Å². The Morgan fingerprint density at radius 1 is 0.324 bits per heavy atom. The molecule has 0 aliphatic carbocycles. The molecule has 6 nitrogen and oxygen atoms in total. The molecule has 0 spiro atoms. The lowest BCUT2D eigenvalue weighted by Gasteiger charge is -2.18. The van der Waals surface area contributed by atoms with Crippen LogP contribution in [0.3, 0.4) is 0 Å². The summed E-state index contributed by atoms with van der Waals surface area (Å²) in [5.74, 6) is -0.972. The Kier molecular flexibility index (Phi) is 52.0. The van der Waals surface area contributed by atoms with Crippen molar-refractivity contribution < 1.29 is 28.6 Å². The third-order valence-corrected chi connectivity index (χ3v) is 11.3. The molecular weight excluding hydrogens is 841 g/mol. The van der Waals surface area contributed by atoms with E-state index in [-0.39, 0.29) is 31.1 Å². The van der Waals surface area contributed by atoms with E-state index in [0.29, 0.717) is 19.3 Å². The molecule has 0 radical (unpaired) electrons. The van der Waals surface area contributed by atoms with Crippen LogP contribution in [0.1, 0.15) is 233 Å². The topological polar surface area (TPSA) is 78.9 Å². The Balaban J connectivity index is 4.52. The van der Waals surface area contributed by atoms with E-state index in [2.05, 4.69) is 118 Å². The summed E-state index contributed by atoms with van der Waals surface area (Å²) in [6, 6.07) is 0. The van der Waals surface area contributed by atoms with Crippen molar-refractivity contribution in [3.8, 4) is 0 Å². The summed E-state index contributed by atoms with van der Waals surface area (Å²) < 4.78 is 16.8. The van der Waals surface area contributed by atoms with Crippen LogP contribution in [0.4, 0.5) is 0 Å². The number of unbranched alkanes of at least 4 members (excludes halogenated alkanes) is 22. The monoisotopic (exact) mass is 941 g/mol. The van der Waals surface area contributed by atoms with Crippen LogP contribution in [0.25, 0.3) is 0 Å². The molecule has 0 aromatic carbocycles. The highest BCUT2D eigenvalue weighted by Gasteiger charge is 2.19. The Bertz CT molecular complexity index is 1450. The van der Waals surface area contributed by atoms with Crippen molar-refractivity contribution in [1.29, 1.82) is 0 Å². The lowest BCUT2D eigenvalue weighted by molar-refractivity contribution is -0.167. The van der Waals surface area contributed by atoms with Crippen LogP contribution >= 0.6 is 0 Å². The largest absolute Gasteiger partial charge is 0.462 e. The van der Waals surface area contributed by atoms with Crippen LogP contribution in [0.15, 0.2) is 122 Å². The third-order valence-electron chi connectivity index (χ3n) is 11.3. The van der Waals surface area contributed by atoms with Gasteiger partial charge in [0.2, 0.25) is 0 Å². The van der Waals surface area contributed by atoms with Gasteiger partial charge < -0.3 is 14.2 Å². The zero-order chi connectivity index (χ0) is 49.3. The van der Waals surface area contributed by atoms with Gasteiger partial charge in [-0.25, -0.2) is 0 Å². The van der Waals surface area contributed by atoms with Gasteiger partial charge in [0.1, 0.15) is 13.2 Å². The van der Waals surface area contributed by atoms with Gasteiger partial charge in [-0.15, -0.1) is 0 Å². The maximum atomic E-state index is 12.8. The van der Waals surface area contributed by atoms with Crippen molar-refractivity contribution in [2.45, 2.75) is 239 Å². The Labute approximate surface area is 418 Å². The van der Waals surface area contributed by atoms with E-state index < -0.39 is 6.10 Å². The fourth-order valence-corrected chi connectivity index (χ4v) is 7.18. The van der Waals surface area contributed by atoms with Gasteiger partial charge in [-0.2, -0.15) is 0 Å². The van der Waals surface area contributed by atoms with E-state index in [1.165, 1.54) is 57.8 Å². The normalized spacial score (nSPS) is 13.0. The van der Waals surface area contributed by atoms with Crippen LogP contribution in [-0.4, -0.2) is 37.2 Å². The average molecular weight is 941 g/mol. The van der Waals surface area contributed by atoms with Crippen LogP contribution in [0.2, 0.25) is 0 Å². The van der Waals surface area contributed by atoms with E-state index >= 15 is 0 Å². The summed E-state index contributed by atoms with van der Waals surface area (Å²) in [6.45, 7) is 6.37. The quantitative estimate of drug-likeness (QED) is 0.0199. The summed E-state index contributed by atoms with van der Waals surface area (Å²) in [5, 5.41) is 0. The molecule has 1 atom stereocenters. The molecular formula is C62H100O6. The predicted molar refractivity (Wildman–Crippen MR) is 293 cm³/mol. The molecule has 384 valence electrons. The van der Waals surface area contributed by atoms with Crippen molar-refractivity contribution in [2.75, 3.05) is 13.2 Å². The molecule has 0 aromatic heterocycles. The minimum Gasteiger partial charge on any atom is -0.462 e. The third kappa shape index (κ3) is 52.8. The molecule has 0 aliphatic heterocycles. The summed E-state index contributed by atoms with van der Waals surface area (Å²) in [7, 11) is 0. The van der Waals surface area contributed by atoms with Crippen molar-refractivity contribution >= 4 is 17.9 Å². The first kappa shape index (κ1) is 63.8. The smallest absolute Gasteiger partial charge is 0.306 e. The highest BCUT2D eigenvalue weighted by molar-refractivity contribution is 5.71. The molecule has 0 N–H and O–H groups in total. The minimum atomic E-state index is -0.810. The Morgan fingerprint density at radius 3 is 1.10 bits per heavy atom. The second-order valence-electron chi connectivity index (χ2n) is 17.9. The standard InChI is InChI=1S/C62H100O6/c1-4-7-10-13-16-19-22-25-28-30-32-34-37-40-43-46-49-52-55-61(64)67-58-59(57-66-60(63)54-51-48-45-42-39-36-27-24-21-18-15-12-9-6-3)68-62(65)56-53-50-47-44-41-38-35-33-31-29-26-23-20-17-14-11-8-5-2/h9-10,12-13,16,18-19,21-22,25,27-36,59H,4-8,11,14-15,17,20,23-24,26,37-58H2,1-3H3/b12-9-,13-10-,19-16-,21-18-,25-22-,30-28-,31-29-,34-32-,35-33-,36-27-. The number of hydrogen-bond donors (Lipinski definition) is 0. The zero-order valence-electron chi connectivity index (χ0n) is 43.8. The molecule has 0 rings (SSSR count). The number of allylic oxidation sites excluding steroid dienone is 20. The fraction of sp³-hybridized carbons (Fsp3) is 0.629. The molecule has 0 bridgehead atoms. The molecule has 0 saturated carbocycles. The van der Waals surface area contributed by atoms with Gasteiger partial charge in [0.05, 0.1) is 0 Å². The number of carbonyl (C=O) groups excluding carboxylic acids is 3. The van der Waals surface area contributed by atoms with Crippen molar-refractivity contribution in [2.24, 2.45) is 0 Å². The lowest BCUT2D eigenvalue weighted by atomic mass is 10.1. The van der Waals surface area contributed by atoms with Crippen LogP contribution in [-0.2, 0) is 28.6 Å². The average Bonchev–Trinajstić information content (AvgIpc) is 3.34. The van der Waals surface area contributed by atoms with Crippen LogP contribution < -0.4 is 0 Å². The lowest BCUT2D eigenvalue weighted by Crippen LogP contribution is -2.30. The SMILES string of the molecule is CC/C=C\C/C=C\C/C=C\CCCCCCC(=O)OCC(COC(=O)CCCCCCC\C=C/C=C\C=C/C=C\C=C/CCC)OC(=O)CCCCCCC/C=C\C=C/CCCCCCCCC. The number of hydrogen-bond acceptors (Lipinski definition) is 6. The maximum absolute atomic E-state index is 12.8. The molecule has 0 aromatic rings. The zero-order valence-corrected chi connectivity index (χ0v) is 43.8. The maximum Gasteiger partial charge on any atom is 0.306 e. The number of ether oxygens (including phenoxy) is 3. The number of rotatable bonds is 48. The first-order chi connectivity index (χ1) is 33.5. The molecule has 0 amide bonds. The van der Waals surface area contributed by atoms with E-state index in [9.17, 15) is 14.4 Å². The van der Waals surface area contributed by atoms with Crippen molar-refractivity contribution in [3.05, 3.63) is 122 Å². The second kappa shape index (κ2) is 55.4. The first-order valence-corrected chi connectivity index (χ1v) is 27.6. The first-order valence-electron chi connectivity index (χ1n) is 27.6. The number of carbonyl (C=O) groups is 3. The van der Waals surface area contributed by atoms with Gasteiger partial charge in [0, 0.05) is 19.3 Å². The summed E-state index contributed by atoms with van der Waals surface area (Å²) in [6.07, 6.45) is 76.0. The highest BCUT2D eigenvalue weighted by Crippen LogP contribution is 2.13. The molecule has 0 aliphatic rings. The molecule has 6 heteroatoms. The summed E-state index contributed by atoms with van der Waals surface area (Å²) >= 11 is 0. The van der Waals surface area contributed by atoms with Gasteiger partial charge in [-0.3, -0.25) is 14.4 Å². The van der Waals surface area contributed by atoms with E-state index in [1.807, 2.05) is 24.3 Å². The Hall–Kier alpha value is -4.19. The van der Waals surface area contributed by atoms with Crippen molar-refractivity contribution in [3.63, 3.8) is 0 Å². The van der Waals surface area contributed by atoms with Gasteiger partial charge in [0.15, 0.2) is 6.10 Å². The number of esters is 3. The van der Waals surface area contributed by atoms with Crippen LogP contribution in [0, 0.1) is 0 Å². The van der Waals surface area contributed by atoms with E-state index in [1.54, 1.807) is 0 Å². The second-order valence-corrected chi connectivity index (χ2v) is 17.9. The molecule has 0 fully saturated rings. The molecule has 0 saturated heterocycles. The van der Waals surface area contributed by atoms with Gasteiger partial charge in [0.25, 0.3) is 0 Å². The highest BCUT2D eigenvalue weighted by atomic mass is 16.6. The fourth-order valence-electron chi connectivity index (χ4n) is 7.18. The van der Waals surface area contributed by atoms with Gasteiger partial charge in [-0.1, -0.05) is 239 Å². The van der Waals surface area contributed by atoms with Gasteiger partial charge >= 0.3 is 17.9 Å². The van der Waals surface area contributed by atoms with E-state index in [0.717, 1.165) is 135 Å². The Morgan fingerprint density at radius 2 is 0.662 bits per heavy atom. The summed E-state index contributed by atoms with van der Waals surface area (Å²) in [4.78, 5) is 38.1. The minimum absolute atomic E-state index is 0.108. The molecule has 68 heavy (non-hydrogen) atoms. The molecule has 0 heterocycles.